The first-order valence-electron chi connectivity index (χ1n) is 10.9. The van der Waals surface area contributed by atoms with Crippen molar-refractivity contribution in [2.24, 2.45) is 0 Å². The van der Waals surface area contributed by atoms with E-state index in [0.717, 1.165) is 28.8 Å². The second kappa shape index (κ2) is 9.53. The molecule has 0 amide bonds. The van der Waals surface area contributed by atoms with Crippen LogP contribution >= 0.6 is 0 Å². The Bertz CT molecular complexity index is 1200. The van der Waals surface area contributed by atoms with Crippen LogP contribution in [0.2, 0.25) is 0 Å². The highest BCUT2D eigenvalue weighted by atomic mass is 19.3. The van der Waals surface area contributed by atoms with E-state index in [1.54, 1.807) is 0 Å². The Labute approximate surface area is 197 Å². The lowest BCUT2D eigenvalue weighted by Crippen LogP contribution is -2.26. The minimum atomic E-state index is -4.63. The maximum absolute atomic E-state index is 14.6. The van der Waals surface area contributed by atoms with Gasteiger partial charge in [0, 0.05) is 18.1 Å². The molecular formula is C26H21F7O2. The smallest absolute Gasteiger partial charge is 0.429 e. The molecular weight excluding hydrogens is 477 g/mol. The van der Waals surface area contributed by atoms with Gasteiger partial charge < -0.3 is 9.47 Å². The van der Waals surface area contributed by atoms with Crippen molar-refractivity contribution < 1.29 is 40.2 Å². The molecule has 9 heteroatoms. The third kappa shape index (κ3) is 5.15. The van der Waals surface area contributed by atoms with Gasteiger partial charge in [0.1, 0.15) is 22.9 Å². The lowest BCUT2D eigenvalue weighted by molar-refractivity contribution is -0.189. The van der Waals surface area contributed by atoms with Crippen LogP contribution in [0.1, 0.15) is 52.7 Å². The molecule has 0 N–H and O–H groups in total. The van der Waals surface area contributed by atoms with Crippen LogP contribution in [0.3, 0.4) is 0 Å². The number of alkyl halides is 2. The number of ether oxygens (including phenoxy) is 2. The van der Waals surface area contributed by atoms with Crippen molar-refractivity contribution in [1.82, 2.24) is 0 Å². The Morgan fingerprint density at radius 2 is 1.40 bits per heavy atom. The first-order chi connectivity index (χ1) is 16.5. The van der Waals surface area contributed by atoms with Crippen LogP contribution in [0.25, 0.3) is 0 Å². The van der Waals surface area contributed by atoms with Crippen molar-refractivity contribution in [3.63, 3.8) is 0 Å². The molecule has 1 saturated heterocycles. The molecule has 0 bridgehead atoms. The highest BCUT2D eigenvalue weighted by Gasteiger charge is 2.42. The number of halogens is 7. The maximum Gasteiger partial charge on any atom is 0.432 e. The highest BCUT2D eigenvalue weighted by Crippen LogP contribution is 2.40. The summed E-state index contributed by atoms with van der Waals surface area (Å²) in [5, 5.41) is 0. The van der Waals surface area contributed by atoms with E-state index < -0.39 is 52.6 Å². The summed E-state index contributed by atoms with van der Waals surface area (Å²) < 4.78 is 108. The minimum Gasteiger partial charge on any atom is -0.429 e. The molecule has 4 rings (SSSR count). The van der Waals surface area contributed by atoms with Gasteiger partial charge in [-0.15, -0.1) is 0 Å². The molecule has 3 aromatic rings. The average molecular weight is 498 g/mol. The molecule has 0 aliphatic carbocycles. The molecule has 1 fully saturated rings. The number of benzene rings is 3. The third-order valence-electron chi connectivity index (χ3n) is 6.21. The third-order valence-corrected chi connectivity index (χ3v) is 6.21. The minimum absolute atomic E-state index is 0.0388. The topological polar surface area (TPSA) is 18.5 Å². The lowest BCUT2D eigenvalue weighted by atomic mass is 9.88. The van der Waals surface area contributed by atoms with Crippen LogP contribution in [-0.4, -0.2) is 6.61 Å². The number of hydrogen-bond acceptors (Lipinski definition) is 2. The Morgan fingerprint density at radius 3 is 1.94 bits per heavy atom. The van der Waals surface area contributed by atoms with Crippen LogP contribution in [-0.2, 0) is 10.8 Å². The van der Waals surface area contributed by atoms with Crippen LogP contribution in [0.5, 0.6) is 5.75 Å². The van der Waals surface area contributed by atoms with Crippen molar-refractivity contribution in [3.05, 3.63) is 99.4 Å². The molecule has 2 nitrogen and oxygen atoms in total. The van der Waals surface area contributed by atoms with Crippen LogP contribution in [0.15, 0.2) is 42.5 Å². The van der Waals surface area contributed by atoms with Gasteiger partial charge in [0.25, 0.3) is 0 Å². The Balaban J connectivity index is 1.51. The van der Waals surface area contributed by atoms with Gasteiger partial charge in [-0.25, -0.2) is 22.0 Å². The summed E-state index contributed by atoms with van der Waals surface area (Å²) in [5.41, 5.74) is 1.68. The first kappa shape index (κ1) is 25.0. The summed E-state index contributed by atoms with van der Waals surface area (Å²) in [6.45, 7) is 4.30. The Hall–Kier alpha value is -3.07. The predicted octanol–water partition coefficient (Wildman–Crippen LogP) is 7.76. The largest absolute Gasteiger partial charge is 0.432 e. The fourth-order valence-corrected chi connectivity index (χ4v) is 4.14. The van der Waals surface area contributed by atoms with E-state index in [1.165, 1.54) is 0 Å². The van der Waals surface area contributed by atoms with Gasteiger partial charge in [0.15, 0.2) is 17.5 Å². The molecule has 0 saturated carbocycles. The van der Waals surface area contributed by atoms with Gasteiger partial charge in [-0.3, -0.25) is 0 Å². The van der Waals surface area contributed by atoms with Crippen molar-refractivity contribution >= 4 is 0 Å². The van der Waals surface area contributed by atoms with E-state index >= 15 is 0 Å². The van der Waals surface area contributed by atoms with Gasteiger partial charge in [-0.05, 0) is 61.1 Å². The first-order valence-corrected chi connectivity index (χ1v) is 10.9. The summed E-state index contributed by atoms with van der Waals surface area (Å²) in [5.74, 6) is -9.76. The molecule has 35 heavy (non-hydrogen) atoms. The summed E-state index contributed by atoms with van der Waals surface area (Å²) in [6.07, 6.45) is -4.26. The van der Waals surface area contributed by atoms with E-state index in [2.05, 4.69) is 10.8 Å². The van der Waals surface area contributed by atoms with Crippen molar-refractivity contribution in [1.29, 1.82) is 0 Å². The predicted molar refractivity (Wildman–Crippen MR) is 114 cm³/mol. The zero-order valence-corrected chi connectivity index (χ0v) is 18.8. The number of aryl methyl sites for hydroxylation is 2. The van der Waals surface area contributed by atoms with E-state index in [9.17, 15) is 30.7 Å². The monoisotopic (exact) mass is 498 g/mol. The van der Waals surface area contributed by atoms with Crippen molar-refractivity contribution in [2.45, 2.75) is 44.8 Å². The number of hydrogen-bond donors (Lipinski definition) is 0. The molecule has 1 aliphatic heterocycles. The second-order valence-electron chi connectivity index (χ2n) is 8.62. The van der Waals surface area contributed by atoms with E-state index in [4.69, 9.17) is 4.74 Å². The van der Waals surface area contributed by atoms with E-state index in [0.29, 0.717) is 19.4 Å². The van der Waals surface area contributed by atoms with Gasteiger partial charge in [-0.1, -0.05) is 18.2 Å². The van der Waals surface area contributed by atoms with Gasteiger partial charge in [0.2, 0.25) is 0 Å². The summed E-state index contributed by atoms with van der Waals surface area (Å²) >= 11 is 0. The van der Waals surface area contributed by atoms with Crippen LogP contribution in [0.4, 0.5) is 30.7 Å². The molecule has 0 aromatic heterocycles. The molecule has 1 heterocycles. The fourth-order valence-electron chi connectivity index (χ4n) is 4.14. The molecule has 2 atom stereocenters. The molecule has 3 aromatic carbocycles. The standard InChI is InChI=1S/C26H21F7O2/c1-13-3-4-15(7-14(13)2)16-5-6-23(34-12-16)17-8-19(27)24(20(28)9-17)26(32,33)35-18-10-21(29)25(31)22(30)11-18/h3-4,7-11,16,23H,5-6,12H2,1-2H3. The Morgan fingerprint density at radius 1 is 0.771 bits per heavy atom. The fraction of sp³-hybridized carbons (Fsp3) is 0.308. The molecule has 0 radical (unpaired) electrons. The molecule has 0 spiro atoms. The van der Waals surface area contributed by atoms with E-state index in [-0.39, 0.29) is 23.6 Å². The summed E-state index contributed by atoms with van der Waals surface area (Å²) in [6, 6.07) is 7.84. The normalized spacial score (nSPS) is 18.5. The van der Waals surface area contributed by atoms with Gasteiger partial charge in [0.05, 0.1) is 12.7 Å². The zero-order chi connectivity index (χ0) is 25.5. The quantitative estimate of drug-likeness (QED) is 0.264. The van der Waals surface area contributed by atoms with Crippen molar-refractivity contribution in [2.75, 3.05) is 6.61 Å². The molecule has 1 aliphatic rings. The van der Waals surface area contributed by atoms with Crippen molar-refractivity contribution in [3.8, 4) is 5.75 Å². The highest BCUT2D eigenvalue weighted by molar-refractivity contribution is 5.34. The average Bonchev–Trinajstić information content (AvgIpc) is 2.78. The lowest BCUT2D eigenvalue weighted by Gasteiger charge is -2.30. The maximum atomic E-state index is 14.6. The summed E-state index contributed by atoms with van der Waals surface area (Å²) in [7, 11) is 0. The van der Waals surface area contributed by atoms with E-state index in [1.807, 2.05) is 26.0 Å². The molecule has 186 valence electrons. The second-order valence-corrected chi connectivity index (χ2v) is 8.62. The Kier molecular flexibility index (Phi) is 6.81. The summed E-state index contributed by atoms with van der Waals surface area (Å²) in [4.78, 5) is 0. The van der Waals surface area contributed by atoms with Crippen LogP contribution in [0, 0.1) is 42.9 Å². The molecule has 2 unspecified atom stereocenters. The number of rotatable bonds is 5. The SMILES string of the molecule is Cc1ccc(C2CCC(c3cc(F)c(C(F)(F)Oc4cc(F)c(F)c(F)c4)c(F)c3)OC2)cc1C. The van der Waals surface area contributed by atoms with Gasteiger partial charge >= 0.3 is 6.11 Å². The van der Waals surface area contributed by atoms with Crippen LogP contribution < -0.4 is 4.74 Å². The van der Waals surface area contributed by atoms with Gasteiger partial charge in [-0.2, -0.15) is 8.78 Å². The zero-order valence-electron chi connectivity index (χ0n) is 18.8.